The lowest BCUT2D eigenvalue weighted by atomic mass is 10.3. The van der Waals surface area contributed by atoms with Crippen molar-refractivity contribution in [3.63, 3.8) is 0 Å². The lowest BCUT2D eigenvalue weighted by molar-refractivity contribution is -0.129. The van der Waals surface area contributed by atoms with Crippen molar-refractivity contribution in [2.75, 3.05) is 25.9 Å². The van der Waals surface area contributed by atoms with Crippen molar-refractivity contribution >= 4 is 34.7 Å². The molecule has 1 rings (SSSR count). The Morgan fingerprint density at radius 2 is 2.06 bits per heavy atom. The molecule has 100 valence electrons. The van der Waals surface area contributed by atoms with E-state index in [1.54, 1.807) is 0 Å². The summed E-state index contributed by atoms with van der Waals surface area (Å²) in [5, 5.41) is 4.65. The molecule has 0 spiro atoms. The van der Waals surface area contributed by atoms with Crippen LogP contribution in [0.2, 0.25) is 0 Å². The number of amides is 4. The SMILES string of the molecule is CNC(=O)CC(=O)NCCCN1C(=O)CSC1=O. The largest absolute Gasteiger partial charge is 0.359 e. The smallest absolute Gasteiger partial charge is 0.288 e. The quantitative estimate of drug-likeness (QED) is 0.494. The number of carbonyl (C=O) groups excluding carboxylic acids is 4. The fraction of sp³-hybridized carbons (Fsp3) is 0.600. The predicted octanol–water partition coefficient (Wildman–Crippen LogP) is -0.676. The topological polar surface area (TPSA) is 95.6 Å². The molecule has 1 aliphatic rings. The van der Waals surface area contributed by atoms with E-state index in [0.29, 0.717) is 19.5 Å². The third-order valence-electron chi connectivity index (χ3n) is 2.32. The third kappa shape index (κ3) is 4.36. The van der Waals surface area contributed by atoms with Gasteiger partial charge in [-0.2, -0.15) is 0 Å². The summed E-state index contributed by atoms with van der Waals surface area (Å²) in [6.45, 7) is 0.627. The summed E-state index contributed by atoms with van der Waals surface area (Å²) in [5.41, 5.74) is 0. The van der Waals surface area contributed by atoms with Gasteiger partial charge in [-0.05, 0) is 6.42 Å². The second-order valence-electron chi connectivity index (χ2n) is 3.65. The normalized spacial score (nSPS) is 14.8. The molecule has 0 saturated carbocycles. The minimum Gasteiger partial charge on any atom is -0.359 e. The van der Waals surface area contributed by atoms with Crippen molar-refractivity contribution in [2.45, 2.75) is 12.8 Å². The lowest BCUT2D eigenvalue weighted by Gasteiger charge is -2.12. The number of nitrogens with one attached hydrogen (secondary N) is 2. The van der Waals surface area contributed by atoms with Gasteiger partial charge in [0.25, 0.3) is 5.24 Å². The average molecular weight is 273 g/mol. The highest BCUT2D eigenvalue weighted by atomic mass is 32.2. The first kappa shape index (κ1) is 14.5. The van der Waals surface area contributed by atoms with E-state index in [2.05, 4.69) is 10.6 Å². The van der Waals surface area contributed by atoms with Crippen molar-refractivity contribution in [1.29, 1.82) is 0 Å². The first-order valence-corrected chi connectivity index (χ1v) is 6.47. The van der Waals surface area contributed by atoms with Gasteiger partial charge in [0.1, 0.15) is 6.42 Å². The molecule has 1 aliphatic heterocycles. The summed E-state index contributed by atoms with van der Waals surface area (Å²) in [6.07, 6.45) is 0.269. The first-order valence-electron chi connectivity index (χ1n) is 5.49. The van der Waals surface area contributed by atoms with Crippen LogP contribution in [0.3, 0.4) is 0 Å². The molecule has 0 aliphatic carbocycles. The molecule has 0 aromatic rings. The molecule has 8 heteroatoms. The third-order valence-corrected chi connectivity index (χ3v) is 3.18. The van der Waals surface area contributed by atoms with E-state index in [1.165, 1.54) is 11.9 Å². The number of thioether (sulfide) groups is 1. The van der Waals surface area contributed by atoms with E-state index in [1.807, 2.05) is 0 Å². The van der Waals surface area contributed by atoms with E-state index < -0.39 is 0 Å². The van der Waals surface area contributed by atoms with Crippen molar-refractivity contribution in [1.82, 2.24) is 15.5 Å². The zero-order valence-electron chi connectivity index (χ0n) is 10.0. The molecule has 0 unspecified atom stereocenters. The van der Waals surface area contributed by atoms with E-state index in [-0.39, 0.29) is 35.1 Å². The summed E-state index contributed by atoms with van der Waals surface area (Å²) in [6, 6.07) is 0. The molecule has 0 atom stereocenters. The lowest BCUT2D eigenvalue weighted by Crippen LogP contribution is -2.34. The van der Waals surface area contributed by atoms with Gasteiger partial charge in [0, 0.05) is 20.1 Å². The number of nitrogens with zero attached hydrogens (tertiary/aromatic N) is 1. The van der Waals surface area contributed by atoms with Crippen LogP contribution in [-0.2, 0) is 14.4 Å². The van der Waals surface area contributed by atoms with Crippen LogP contribution >= 0.6 is 11.8 Å². The maximum Gasteiger partial charge on any atom is 0.288 e. The minimum absolute atomic E-state index is 0.193. The van der Waals surface area contributed by atoms with Crippen LogP contribution < -0.4 is 10.6 Å². The van der Waals surface area contributed by atoms with Crippen LogP contribution in [0.4, 0.5) is 4.79 Å². The van der Waals surface area contributed by atoms with Crippen molar-refractivity contribution < 1.29 is 19.2 Å². The van der Waals surface area contributed by atoms with Crippen LogP contribution in [0.5, 0.6) is 0 Å². The monoisotopic (exact) mass is 273 g/mol. The average Bonchev–Trinajstić information content (AvgIpc) is 2.65. The summed E-state index contributed by atoms with van der Waals surface area (Å²) < 4.78 is 0. The molecule has 0 bridgehead atoms. The van der Waals surface area contributed by atoms with Gasteiger partial charge in [-0.15, -0.1) is 0 Å². The summed E-state index contributed by atoms with van der Waals surface area (Å²) in [7, 11) is 1.46. The Morgan fingerprint density at radius 1 is 1.33 bits per heavy atom. The highest BCUT2D eigenvalue weighted by molar-refractivity contribution is 8.14. The van der Waals surface area contributed by atoms with E-state index in [9.17, 15) is 19.2 Å². The fourth-order valence-corrected chi connectivity index (χ4v) is 2.11. The standard InChI is InChI=1S/C10H15N3O4S/c1-11-7(14)5-8(15)12-3-2-4-13-9(16)6-18-10(13)17/h2-6H2,1H3,(H,11,14)(H,12,15). The van der Waals surface area contributed by atoms with Gasteiger partial charge in [-0.3, -0.25) is 24.1 Å². The van der Waals surface area contributed by atoms with Crippen LogP contribution in [0.15, 0.2) is 0 Å². The second-order valence-corrected chi connectivity index (χ2v) is 4.58. The van der Waals surface area contributed by atoms with Crippen LogP contribution in [-0.4, -0.2) is 53.8 Å². The zero-order chi connectivity index (χ0) is 13.5. The summed E-state index contributed by atoms with van der Waals surface area (Å²) >= 11 is 0.986. The molecule has 1 heterocycles. The Labute approximate surface area is 109 Å². The molecule has 0 aromatic carbocycles. The second kappa shape index (κ2) is 7.00. The number of hydrogen-bond donors (Lipinski definition) is 2. The van der Waals surface area contributed by atoms with Crippen LogP contribution in [0, 0.1) is 0 Å². The van der Waals surface area contributed by atoms with Crippen LogP contribution in [0.25, 0.3) is 0 Å². The van der Waals surface area contributed by atoms with Gasteiger partial charge < -0.3 is 10.6 Å². The number of hydrogen-bond acceptors (Lipinski definition) is 5. The van der Waals surface area contributed by atoms with Gasteiger partial charge in [-0.25, -0.2) is 0 Å². The van der Waals surface area contributed by atoms with E-state index >= 15 is 0 Å². The molecule has 4 amide bonds. The molecule has 0 radical (unpaired) electrons. The van der Waals surface area contributed by atoms with Crippen LogP contribution in [0.1, 0.15) is 12.8 Å². The Bertz CT molecular complexity index is 356. The van der Waals surface area contributed by atoms with Gasteiger partial charge in [0.2, 0.25) is 17.7 Å². The maximum atomic E-state index is 11.2. The van der Waals surface area contributed by atoms with E-state index in [4.69, 9.17) is 0 Å². The van der Waals surface area contributed by atoms with Gasteiger partial charge in [0.05, 0.1) is 5.75 Å². The van der Waals surface area contributed by atoms with E-state index in [0.717, 1.165) is 11.8 Å². The van der Waals surface area contributed by atoms with Crippen molar-refractivity contribution in [3.8, 4) is 0 Å². The molecular formula is C10H15N3O4S. The predicted molar refractivity (Wildman–Crippen MR) is 65.9 cm³/mol. The highest BCUT2D eigenvalue weighted by Gasteiger charge is 2.28. The molecule has 2 N–H and O–H groups in total. The molecular weight excluding hydrogens is 258 g/mol. The number of carbonyl (C=O) groups is 4. The fourth-order valence-electron chi connectivity index (χ4n) is 1.36. The Hall–Kier alpha value is -1.57. The van der Waals surface area contributed by atoms with Gasteiger partial charge in [-0.1, -0.05) is 11.8 Å². The number of rotatable bonds is 6. The first-order chi connectivity index (χ1) is 8.54. The van der Waals surface area contributed by atoms with Gasteiger partial charge in [0.15, 0.2) is 0 Å². The van der Waals surface area contributed by atoms with Crippen molar-refractivity contribution in [2.24, 2.45) is 0 Å². The zero-order valence-corrected chi connectivity index (χ0v) is 10.8. The number of imide groups is 1. The molecule has 1 fully saturated rings. The molecule has 0 aromatic heterocycles. The van der Waals surface area contributed by atoms with Gasteiger partial charge >= 0.3 is 0 Å². The highest BCUT2D eigenvalue weighted by Crippen LogP contribution is 2.18. The summed E-state index contributed by atoms with van der Waals surface area (Å²) in [5.74, 6) is -0.722. The Balaban J connectivity index is 2.15. The van der Waals surface area contributed by atoms with Crippen molar-refractivity contribution in [3.05, 3.63) is 0 Å². The molecule has 18 heavy (non-hydrogen) atoms. The Morgan fingerprint density at radius 3 is 2.61 bits per heavy atom. The minimum atomic E-state index is -0.372. The Kier molecular flexibility index (Phi) is 5.63. The molecule has 7 nitrogen and oxygen atoms in total. The summed E-state index contributed by atoms with van der Waals surface area (Å²) in [4.78, 5) is 45.7. The maximum absolute atomic E-state index is 11.2. The molecule has 1 saturated heterocycles.